The Bertz CT molecular complexity index is 6010. The standard InChI is InChI=1S/C26H31N3O2.C25H28N4.C23H29N3O2.C20H24ClN3O2.C18H28N2O4S/c1-31-25-11-5-4-10-24(25)29-18-16-28(17-19-29)15-7-6-14-27-26(30)23-13-12-21-8-2-3-9-22(21)20-23;1-2-6-20(7-3-1)18-29-14-11-19(12-15-29)10-13-26-24-17-22-16-21-8-4-5-9-23(21)25(22)28-27-24;1-4-5-11-26-12-7-8-19(26)16-25(2)23(27)17-13-18(15-24)20-9-6-10-22(28-3)21(20)14-17;1-26-19-12-18(22)17(21)11-16(19)20(25)23-15-7-9-24(10-8-15)13-14-5-3-2-4-6-14;1-4-5-10-20-11-6-7-14(20)13-19-18(21)16-12-15(25(3,22)23)8-9-17(16)24-2/h2-5,8-13,20H,6-7,14-19H2,1H3,(H,27,30);1-9,17,19H,10-16,18H2,(H,26,27);6,9-10,13-14,19H,4-5,7-8,11-12,16H2,1-3H3;2-6,11-12,15H,7-10,13,22H2,1H3,(H,23,25);8-9,12,14H,4-7,10-11,13H2,1-3H3,(H,19,21). The van der Waals surface area contributed by atoms with Crippen molar-refractivity contribution in [2.75, 3.05) is 169 Å². The fourth-order valence-electron chi connectivity index (χ4n) is 19.4. The molecule has 2 atom stereocenters. The van der Waals surface area contributed by atoms with Crippen LogP contribution < -0.4 is 50.8 Å². The van der Waals surface area contributed by atoms with Crippen molar-refractivity contribution in [3.63, 3.8) is 0 Å². The fourth-order valence-corrected chi connectivity index (χ4v) is 20.2. The van der Waals surface area contributed by atoms with Gasteiger partial charge in [0.2, 0.25) is 0 Å². The first-order chi connectivity index (χ1) is 67.6. The number of fused-ring (bicyclic) bond motifs is 5. The van der Waals surface area contributed by atoms with E-state index in [1.165, 1.54) is 118 Å². The van der Waals surface area contributed by atoms with Gasteiger partial charge in [0.05, 0.1) is 78.2 Å². The summed E-state index contributed by atoms with van der Waals surface area (Å²) >= 11 is 6.06. The molecule has 139 heavy (non-hydrogen) atoms. The number of nitrogens with one attached hydrogen (secondary N) is 4. The summed E-state index contributed by atoms with van der Waals surface area (Å²) in [6.07, 6.45) is 19.1. The summed E-state index contributed by atoms with van der Waals surface area (Å²) in [5.41, 5.74) is 17.5. The number of nitrogens with zero attached hydrogens (tertiary/aromatic N) is 10. The van der Waals surface area contributed by atoms with Crippen molar-refractivity contribution < 1.29 is 46.5 Å². The molecule has 0 radical (unpaired) electrons. The van der Waals surface area contributed by atoms with Crippen LogP contribution >= 0.6 is 11.6 Å². The van der Waals surface area contributed by atoms with E-state index in [0.29, 0.717) is 76.4 Å². The molecule has 1 aliphatic carbocycles. The summed E-state index contributed by atoms with van der Waals surface area (Å²) in [4.78, 5) is 67.5. The van der Waals surface area contributed by atoms with Crippen molar-refractivity contribution in [2.24, 2.45) is 5.92 Å². The third-order valence-corrected chi connectivity index (χ3v) is 28.8. The van der Waals surface area contributed by atoms with E-state index in [2.05, 4.69) is 184 Å². The number of piperidine rings is 2. The molecule has 4 amide bonds. The second-order valence-electron chi connectivity index (χ2n) is 37.1. The fraction of sp³-hybridized carbons (Fsp3) is 0.420. The molecule has 10 aromatic carbocycles. The van der Waals surface area contributed by atoms with Crippen molar-refractivity contribution in [2.45, 2.75) is 153 Å². The Labute approximate surface area is 827 Å². The number of nitriles is 1. The molecule has 11 aromatic rings. The lowest BCUT2D eigenvalue weighted by atomic mass is 9.93. The van der Waals surface area contributed by atoms with Gasteiger partial charge >= 0.3 is 0 Å². The Hall–Kier alpha value is -12.2. The number of hydrogen-bond donors (Lipinski definition) is 5. The van der Waals surface area contributed by atoms with E-state index in [1.807, 2.05) is 85.9 Å². The number of methoxy groups -OCH3 is 4. The zero-order valence-corrected chi connectivity index (χ0v) is 83.8. The van der Waals surface area contributed by atoms with Gasteiger partial charge in [-0.15, -0.1) is 10.2 Å². The quantitative estimate of drug-likeness (QED) is 0.0185. The van der Waals surface area contributed by atoms with Crippen LogP contribution in [0.2, 0.25) is 5.02 Å². The van der Waals surface area contributed by atoms with Gasteiger partial charge in [0, 0.05) is 150 Å². The molecule has 6 N–H and O–H groups in total. The summed E-state index contributed by atoms with van der Waals surface area (Å²) in [6.45, 7) is 23.3. The summed E-state index contributed by atoms with van der Waals surface area (Å²) in [5, 5.41) is 35.3. The number of nitrogen functional groups attached to an aromatic ring is 1. The largest absolute Gasteiger partial charge is 0.496 e. The van der Waals surface area contributed by atoms with Crippen molar-refractivity contribution in [1.82, 2.24) is 55.5 Å². The van der Waals surface area contributed by atoms with Crippen molar-refractivity contribution >= 4 is 83.8 Å². The smallest absolute Gasteiger partial charge is 0.255 e. The summed E-state index contributed by atoms with van der Waals surface area (Å²) < 4.78 is 44.9. The van der Waals surface area contributed by atoms with Crippen LogP contribution in [0, 0.1) is 17.2 Å². The zero-order valence-electron chi connectivity index (χ0n) is 82.3. The lowest BCUT2D eigenvalue weighted by Crippen LogP contribution is -2.46. The molecule has 25 nitrogen and oxygen atoms in total. The number of anilines is 3. The first-order valence-electron chi connectivity index (χ1n) is 49.5. The van der Waals surface area contributed by atoms with Crippen LogP contribution in [0.4, 0.5) is 17.2 Å². The number of nitrogens with two attached hydrogens (primary N) is 1. The number of ether oxygens (including phenoxy) is 4. The number of hydrogen-bond acceptors (Lipinski definition) is 21. The van der Waals surface area contributed by atoms with E-state index in [0.717, 1.165) is 212 Å². The first kappa shape index (κ1) is 104. The van der Waals surface area contributed by atoms with Crippen LogP contribution in [0.1, 0.15) is 179 Å². The number of carbonyl (C=O) groups excluding carboxylic acids is 4. The van der Waals surface area contributed by atoms with E-state index in [-0.39, 0.29) is 40.1 Å². The number of amides is 4. The average Bonchev–Trinajstić information content (AvgIpc) is 1.77. The highest BCUT2D eigenvalue weighted by Gasteiger charge is 2.31. The number of piperazine rings is 1. The molecule has 0 saturated carbocycles. The van der Waals surface area contributed by atoms with E-state index in [1.54, 1.807) is 37.3 Å². The van der Waals surface area contributed by atoms with Crippen molar-refractivity contribution in [3.8, 4) is 40.3 Å². The van der Waals surface area contributed by atoms with Gasteiger partial charge in [-0.2, -0.15) is 5.26 Å². The van der Waals surface area contributed by atoms with Gasteiger partial charge in [-0.3, -0.25) is 43.7 Å². The van der Waals surface area contributed by atoms with Gasteiger partial charge in [-0.25, -0.2) is 8.42 Å². The minimum atomic E-state index is -3.38. The van der Waals surface area contributed by atoms with Crippen LogP contribution in [0.3, 0.4) is 0 Å². The molecule has 0 bridgehead atoms. The maximum absolute atomic E-state index is 13.1. The minimum Gasteiger partial charge on any atom is -0.496 e. The highest BCUT2D eigenvalue weighted by atomic mass is 35.5. The number of likely N-dealkylation sites (N-methyl/N-ethyl adjacent to an activating group) is 1. The number of likely N-dealkylation sites (tertiary alicyclic amines) is 4. The number of benzene rings is 10. The summed E-state index contributed by atoms with van der Waals surface area (Å²) in [7, 11) is 4.80. The van der Waals surface area contributed by atoms with Gasteiger partial charge in [0.15, 0.2) is 9.84 Å². The molecule has 736 valence electrons. The number of sulfone groups is 1. The van der Waals surface area contributed by atoms with Gasteiger partial charge in [-0.05, 0) is 241 Å². The predicted molar refractivity (Wildman–Crippen MR) is 559 cm³/mol. The number of carbonyl (C=O) groups is 4. The molecule has 0 spiro atoms. The maximum Gasteiger partial charge on any atom is 0.255 e. The summed E-state index contributed by atoms with van der Waals surface area (Å²) in [6, 6.07) is 74.0. The Morgan fingerprint density at radius 2 is 1.14 bits per heavy atom. The highest BCUT2D eigenvalue weighted by Crippen LogP contribution is 2.38. The molecule has 6 aliphatic rings. The molecule has 27 heteroatoms. The Balaban J connectivity index is 0.000000147. The number of aromatic nitrogens is 2. The second-order valence-corrected chi connectivity index (χ2v) is 39.5. The second kappa shape index (κ2) is 52.7. The van der Waals surface area contributed by atoms with E-state index in [9.17, 15) is 32.9 Å². The van der Waals surface area contributed by atoms with E-state index >= 15 is 0 Å². The lowest BCUT2D eigenvalue weighted by molar-refractivity contribution is 0.0751. The topological polar surface area (TPSA) is 286 Å². The van der Waals surface area contributed by atoms with Crippen LogP contribution in [0.15, 0.2) is 223 Å². The number of rotatable bonds is 34. The SMILES string of the molecule is CCCCN1CCCC1CN(C)C(=O)c1cc(C#N)c2cccc(OC)c2c1.CCCCN1CCCC1CNC(=O)c1cc(S(C)(=O)=O)ccc1OC.COc1cc(N)c(Cl)cc1C(=O)NC1CCN(Cc2ccccc2)CC1.COc1ccccc1N1CCN(CCCCNC(=O)c2ccc3ccccc3c2)CC1.c1ccc(CN2CCC(CCNc3cc4c(nn3)-c3ccccc3C4)CC2)cc1. The van der Waals surface area contributed by atoms with Crippen LogP contribution in [-0.2, 0) is 29.3 Å². The Morgan fingerprint density at radius 3 is 1.81 bits per heavy atom. The zero-order chi connectivity index (χ0) is 98.0. The highest BCUT2D eigenvalue weighted by molar-refractivity contribution is 7.90. The number of unbranched alkanes of at least 4 members (excludes halogenated alkanes) is 3. The molecule has 6 heterocycles. The molecule has 2 unspecified atom stereocenters. The molecule has 17 rings (SSSR count). The number of halogens is 1. The van der Waals surface area contributed by atoms with Gasteiger partial charge < -0.3 is 55.7 Å². The molecule has 5 fully saturated rings. The summed E-state index contributed by atoms with van der Waals surface area (Å²) in [5.74, 6) is 3.63. The average molecular weight is 1920 g/mol. The van der Waals surface area contributed by atoms with Crippen LogP contribution in [0.5, 0.6) is 23.0 Å². The normalized spacial score (nSPS) is 16.3. The minimum absolute atomic E-state index is 0.0103. The van der Waals surface area contributed by atoms with Gasteiger partial charge in [0.1, 0.15) is 28.8 Å². The lowest BCUT2D eigenvalue weighted by Gasteiger charge is -2.36. The predicted octanol–water partition coefficient (Wildman–Crippen LogP) is 18.4. The van der Waals surface area contributed by atoms with Gasteiger partial charge in [0.25, 0.3) is 23.6 Å². The number of para-hydroxylation sites is 2. The molecular formula is C112H140ClN15O10S. The van der Waals surface area contributed by atoms with Crippen LogP contribution in [0.25, 0.3) is 32.8 Å². The molecule has 1 aromatic heterocycles. The third kappa shape index (κ3) is 29.7. The molecule has 5 saturated heterocycles. The molecule has 5 aliphatic heterocycles. The monoisotopic (exact) mass is 1920 g/mol. The van der Waals surface area contributed by atoms with Gasteiger partial charge in [-0.1, -0.05) is 178 Å². The van der Waals surface area contributed by atoms with E-state index in [4.69, 9.17) is 36.3 Å². The Kier molecular flexibility index (Phi) is 39.5. The maximum atomic E-state index is 13.1. The third-order valence-electron chi connectivity index (χ3n) is 27.4. The van der Waals surface area contributed by atoms with Crippen LogP contribution in [-0.4, -0.2) is 243 Å². The van der Waals surface area contributed by atoms with Crippen molar-refractivity contribution in [3.05, 3.63) is 273 Å². The van der Waals surface area contributed by atoms with Crippen molar-refractivity contribution in [1.29, 1.82) is 5.26 Å². The molecular weight excluding hydrogens is 1780 g/mol. The van der Waals surface area contributed by atoms with E-state index < -0.39 is 9.84 Å². The Morgan fingerprint density at radius 1 is 0.525 bits per heavy atom. The first-order valence-corrected chi connectivity index (χ1v) is 51.8.